The number of likely N-dealkylation sites (tertiary alicyclic amines) is 1. The molecule has 4 saturated heterocycles. The molecule has 0 aliphatic carbocycles. The number of aldehydes is 1. The molecule has 0 radical (unpaired) electrons. The highest BCUT2D eigenvalue weighted by molar-refractivity contribution is 9.06. The zero-order chi connectivity index (χ0) is 57.6. The van der Waals surface area contributed by atoms with Crippen molar-refractivity contribution in [1.82, 2.24) is 10.2 Å². The van der Waals surface area contributed by atoms with Gasteiger partial charge in [0.15, 0.2) is 23.0 Å². The average Bonchev–Trinajstić information content (AvgIpc) is 3.74. The Morgan fingerprint density at radius 1 is 0.688 bits per heavy atom. The highest BCUT2D eigenvalue weighted by atomic mass is 33.1. The van der Waals surface area contributed by atoms with Crippen LogP contribution in [0.25, 0.3) is 0 Å². The van der Waals surface area contributed by atoms with Crippen LogP contribution in [-0.4, -0.2) is 98.2 Å². The maximum atomic E-state index is 13.9. The summed E-state index contributed by atoms with van der Waals surface area (Å²) in [5.74, 6) is 0.394. The Morgan fingerprint density at radius 3 is 1.57 bits per heavy atom. The molecule has 0 saturated carbocycles. The number of nitrogens with one attached hydrogen (secondary N) is 1. The van der Waals surface area contributed by atoms with Gasteiger partial charge in [0.25, 0.3) is 0 Å². The second-order valence-corrected chi connectivity index (χ2v) is 63.3. The number of anilines is 2. The summed E-state index contributed by atoms with van der Waals surface area (Å²) in [4.78, 5) is 12.7. The average molecular weight is 1330 g/mol. The van der Waals surface area contributed by atoms with E-state index in [1.54, 1.807) is 30.3 Å². The molecule has 4 aromatic carbocycles. The Hall–Kier alpha value is 0.190. The fourth-order valence-electron chi connectivity index (χ4n) is 9.71. The summed E-state index contributed by atoms with van der Waals surface area (Å²) in [7, 11) is 15.5. The first kappa shape index (κ1) is 69.7. The molecule has 0 amide bonds. The van der Waals surface area contributed by atoms with E-state index in [0.29, 0.717) is 67.0 Å². The van der Waals surface area contributed by atoms with Gasteiger partial charge >= 0.3 is 0 Å². The van der Waals surface area contributed by atoms with Crippen molar-refractivity contribution in [2.45, 2.75) is 122 Å². The number of halogens is 2. The second kappa shape index (κ2) is 31.9. The van der Waals surface area contributed by atoms with Crippen LogP contribution in [0.5, 0.6) is 23.0 Å². The molecule has 29 heteroatoms. The molecule has 4 aliphatic rings. The molecule has 77 heavy (non-hydrogen) atoms. The van der Waals surface area contributed by atoms with Gasteiger partial charge in [0.05, 0.1) is 46.2 Å². The van der Waals surface area contributed by atoms with Crippen molar-refractivity contribution in [2.24, 2.45) is 0 Å². The number of nitrogens with zero attached hydrogens (tertiary/aromatic N) is 3. The van der Waals surface area contributed by atoms with E-state index in [4.69, 9.17) is 9.47 Å². The number of phenolic OH excluding ortho intramolecular Hbond substituents is 2. The quantitative estimate of drug-likeness (QED) is 0.0966. The number of phenols is 2. The molecule has 8 unspecified atom stereocenters. The first-order chi connectivity index (χ1) is 35.9. The normalized spacial score (nSPS) is 22.5. The van der Waals surface area contributed by atoms with Gasteiger partial charge in [0.2, 0.25) is 20.0 Å². The van der Waals surface area contributed by atoms with Crippen LogP contribution in [0, 0.1) is 11.6 Å². The van der Waals surface area contributed by atoms with Gasteiger partial charge in [-0.25, -0.2) is 25.6 Å². The van der Waals surface area contributed by atoms with Gasteiger partial charge in [0, 0.05) is 30.7 Å². The Morgan fingerprint density at radius 2 is 1.16 bits per heavy atom. The van der Waals surface area contributed by atoms with Crippen molar-refractivity contribution >= 4 is 137 Å². The third kappa shape index (κ3) is 21.0. The van der Waals surface area contributed by atoms with Crippen molar-refractivity contribution < 1.29 is 50.1 Å². The summed E-state index contributed by atoms with van der Waals surface area (Å²) < 4.78 is 92.1. The minimum Gasteiger partial charge on any atom is -0.504 e. The Labute approximate surface area is 480 Å². The van der Waals surface area contributed by atoms with Crippen molar-refractivity contribution in [1.29, 1.82) is 0 Å². The minimum atomic E-state index is -3.48. The van der Waals surface area contributed by atoms with Crippen LogP contribution in [0.4, 0.5) is 20.2 Å². The molecule has 4 aromatic rings. The molecular formula is C48H78F2N4O9P12S2. The number of rotatable bonds is 11. The molecule has 0 bridgehead atoms. The third-order valence-electron chi connectivity index (χ3n) is 12.8. The fraction of sp³-hybridized carbons (Fsp3) is 0.479. The summed E-state index contributed by atoms with van der Waals surface area (Å²) in [6, 6.07) is 22.1. The van der Waals surface area contributed by atoms with Crippen LogP contribution in [0.3, 0.4) is 0 Å². The van der Waals surface area contributed by atoms with E-state index < -0.39 is 42.8 Å². The number of aromatic hydroxyl groups is 2. The molecular weight excluding hydrogens is 1250 g/mol. The Balaban J connectivity index is 0.000000242. The number of piperidine rings is 2. The lowest BCUT2D eigenvalue weighted by Crippen LogP contribution is -2.56. The predicted molar refractivity (Wildman–Crippen MR) is 354 cm³/mol. The molecule has 430 valence electrons. The van der Waals surface area contributed by atoms with Crippen LogP contribution in [-0.2, 0) is 26.6 Å². The van der Waals surface area contributed by atoms with Crippen LogP contribution in [0.15, 0.2) is 84.9 Å². The van der Waals surface area contributed by atoms with Gasteiger partial charge in [-0.1, -0.05) is 18.2 Å². The van der Waals surface area contributed by atoms with Crippen molar-refractivity contribution in [3.63, 3.8) is 0 Å². The lowest BCUT2D eigenvalue weighted by Gasteiger charge is -2.47. The van der Waals surface area contributed by atoms with Gasteiger partial charge in [0.1, 0.15) is 17.9 Å². The van der Waals surface area contributed by atoms with Crippen LogP contribution in [0.1, 0.15) is 96.0 Å². The lowest BCUT2D eigenvalue weighted by molar-refractivity contribution is 0.102. The largest absolute Gasteiger partial charge is 0.504 e. The number of sulfonamides is 2. The zero-order valence-electron chi connectivity index (χ0n) is 44.3. The van der Waals surface area contributed by atoms with E-state index in [1.807, 2.05) is 39.8 Å². The first-order valence-corrected chi connectivity index (χ1v) is 47.5. The number of hydrogen-bond acceptors (Lipinski definition) is 11. The van der Waals surface area contributed by atoms with Crippen molar-refractivity contribution in [2.75, 3.05) is 33.2 Å². The van der Waals surface area contributed by atoms with E-state index in [-0.39, 0.29) is 75.2 Å². The molecule has 4 fully saturated rings. The number of ether oxygens (including phenoxy) is 2. The molecule has 2 spiro atoms. The van der Waals surface area contributed by atoms with E-state index in [0.717, 1.165) is 31.5 Å². The van der Waals surface area contributed by atoms with Gasteiger partial charge in [-0.05, 0) is 187 Å². The van der Waals surface area contributed by atoms with E-state index in [2.05, 4.69) is 95.5 Å². The van der Waals surface area contributed by atoms with Gasteiger partial charge in [-0.2, -0.15) is 0 Å². The molecule has 13 nitrogen and oxygen atoms in total. The fourth-order valence-corrected chi connectivity index (χ4v) is 42.8. The van der Waals surface area contributed by atoms with E-state index >= 15 is 0 Å². The summed E-state index contributed by atoms with van der Waals surface area (Å²) in [5.41, 5.74) is 1.48. The highest BCUT2D eigenvalue weighted by Crippen LogP contribution is 3.00. The molecule has 0 aromatic heterocycles. The highest BCUT2D eigenvalue weighted by Gasteiger charge is 2.53. The topological polar surface area (TPSA) is 166 Å². The van der Waals surface area contributed by atoms with Crippen molar-refractivity contribution in [3.8, 4) is 23.0 Å². The number of carbonyl (C=O) groups excluding carboxylic acids is 1. The van der Waals surface area contributed by atoms with Crippen LogP contribution < -0.4 is 23.4 Å². The summed E-state index contributed by atoms with van der Waals surface area (Å²) in [6.45, 7) is 14.5. The standard InChI is InChI=1S/C24H31FN2O4S.C14H19FN2O2S.C10H12O3.H10P8.H6P4/c1-17(2)31-23-13-19(7-8-22(23)28)16-26-11-9-24(15-18(26)3)10-12-32(29,30)27(24)21-6-4-5-20(25)14-21;1-11-10-14(5-7-16-11)6-8-20(18,19)17(14)13-4-2-3-12(15)9-13;1-7(2)13-10-5-8(6-11)3-4-9(10)12;1-6(2)8(5)7(3)4;1-4(2)3/h4-8,13-14,17-18,28H,9-12,15-16H2,1-3H3;2-4,9,11,16H,5-8,10H2,1H3;3-7,12H,1-2H3;1-5H2;1-3H2/t18-,24-;11-,14-;;;/m00.../s1. The van der Waals surface area contributed by atoms with Gasteiger partial charge in [-0.3, -0.25) is 18.3 Å². The summed E-state index contributed by atoms with van der Waals surface area (Å²) in [6.07, 6.45) is 4.72. The van der Waals surface area contributed by atoms with Crippen LogP contribution >= 0.6 is 99.4 Å². The molecule has 4 heterocycles. The maximum absolute atomic E-state index is 13.9. The van der Waals surface area contributed by atoms with E-state index in [1.165, 1.54) is 51.1 Å². The van der Waals surface area contributed by atoms with Gasteiger partial charge in [-0.15, -0.1) is 71.4 Å². The molecule has 8 rings (SSSR count). The number of benzene rings is 4. The monoisotopic (exact) mass is 1330 g/mol. The summed E-state index contributed by atoms with van der Waals surface area (Å²) in [5, 5.41) is 22.7. The lowest BCUT2D eigenvalue weighted by atomic mass is 9.81. The van der Waals surface area contributed by atoms with Crippen molar-refractivity contribution in [3.05, 3.63) is 108 Å². The Bertz CT molecular complexity index is 2770. The SMILES string of the molecule is CC(C)Oc1cc(C=O)ccc1O.CC(C)Oc1cc(CN2CC[C@]3(CCS(=O)(=O)N3c3cccc(F)c3)C[C@@H]2C)ccc1O.C[C@H]1C[C@]2(CCN1)CCS(=O)(=O)N2c1cccc(F)c1.PP(P)P.PP(P)P(P)P(P)P. The minimum absolute atomic E-state index is 0.0206. The summed E-state index contributed by atoms with van der Waals surface area (Å²) >= 11 is 0. The predicted octanol–water partition coefficient (Wildman–Crippen LogP) is 14.2. The molecule has 4 aliphatic heterocycles. The van der Waals surface area contributed by atoms with E-state index in [9.17, 15) is 40.6 Å². The number of hydrogen-bond donors (Lipinski definition) is 3. The maximum Gasteiger partial charge on any atom is 0.235 e. The van der Waals surface area contributed by atoms with Gasteiger partial charge < -0.3 is 25.0 Å². The first-order valence-electron chi connectivity index (χ1n) is 24.6. The smallest absolute Gasteiger partial charge is 0.235 e. The number of carbonyl (C=O) groups is 1. The van der Waals surface area contributed by atoms with Crippen LogP contribution in [0.2, 0.25) is 0 Å². The molecule has 12 atom stereocenters. The zero-order valence-corrected chi connectivity index (χ0v) is 58.8. The second-order valence-electron chi connectivity index (χ2n) is 19.7. The molecule has 3 N–H and O–H groups in total. The third-order valence-corrected chi connectivity index (χ3v) is 54.4. The Kier molecular flexibility index (Phi) is 28.9.